The summed E-state index contributed by atoms with van der Waals surface area (Å²) >= 11 is 0. The predicted molar refractivity (Wildman–Crippen MR) is 60.2 cm³/mol. The van der Waals surface area contributed by atoms with Crippen LogP contribution < -0.4 is 0 Å². The van der Waals surface area contributed by atoms with Gasteiger partial charge in [0.25, 0.3) is 5.91 Å². The van der Waals surface area contributed by atoms with Gasteiger partial charge in [-0.3, -0.25) is 4.79 Å². The number of aryl methyl sites for hydroxylation is 1. The van der Waals surface area contributed by atoms with Crippen molar-refractivity contribution in [1.82, 2.24) is 19.8 Å². The minimum Gasteiger partial charge on any atom is -0.335 e. The molecule has 0 aromatic carbocycles. The molecule has 86 valence electrons. The van der Waals surface area contributed by atoms with E-state index >= 15 is 0 Å². The third-order valence-corrected chi connectivity index (χ3v) is 2.81. The molecule has 1 aromatic rings. The fourth-order valence-electron chi connectivity index (χ4n) is 1.74. The smallest absolute Gasteiger partial charge is 0.272 e. The Morgan fingerprint density at radius 2 is 1.94 bits per heavy atom. The van der Waals surface area contributed by atoms with Gasteiger partial charge in [0.15, 0.2) is 0 Å². The first-order valence-electron chi connectivity index (χ1n) is 5.43. The fraction of sp³-hybridized carbons (Fsp3) is 0.545. The van der Waals surface area contributed by atoms with Crippen molar-refractivity contribution in [3.63, 3.8) is 0 Å². The first kappa shape index (κ1) is 11.0. The summed E-state index contributed by atoms with van der Waals surface area (Å²) in [5.74, 6) is 0.0126. The fourth-order valence-corrected chi connectivity index (χ4v) is 1.74. The molecule has 1 saturated heterocycles. The number of hydrogen-bond acceptors (Lipinski definition) is 4. The molecule has 2 rings (SSSR count). The zero-order chi connectivity index (χ0) is 11.5. The molecule has 0 bridgehead atoms. The summed E-state index contributed by atoms with van der Waals surface area (Å²) in [5.41, 5.74) is 1.32. The van der Waals surface area contributed by atoms with Gasteiger partial charge in [0, 0.05) is 31.9 Å². The van der Waals surface area contributed by atoms with E-state index in [4.69, 9.17) is 0 Å². The lowest BCUT2D eigenvalue weighted by Gasteiger charge is -2.32. The summed E-state index contributed by atoms with van der Waals surface area (Å²) in [4.78, 5) is 24.1. The molecule has 1 aromatic heterocycles. The second-order valence-corrected chi connectivity index (χ2v) is 4.14. The topological polar surface area (TPSA) is 49.3 Å². The van der Waals surface area contributed by atoms with Crippen LogP contribution >= 0.6 is 0 Å². The third kappa shape index (κ3) is 2.36. The number of rotatable bonds is 1. The van der Waals surface area contributed by atoms with Crippen LogP contribution in [0.4, 0.5) is 0 Å². The van der Waals surface area contributed by atoms with Crippen molar-refractivity contribution in [2.75, 3.05) is 33.2 Å². The van der Waals surface area contributed by atoms with E-state index < -0.39 is 0 Å². The van der Waals surface area contributed by atoms with Gasteiger partial charge in [0.2, 0.25) is 0 Å². The highest BCUT2D eigenvalue weighted by molar-refractivity contribution is 5.92. The number of carbonyl (C=O) groups is 1. The summed E-state index contributed by atoms with van der Waals surface area (Å²) in [6.07, 6.45) is 1.44. The van der Waals surface area contributed by atoms with Crippen molar-refractivity contribution < 1.29 is 4.79 Å². The maximum absolute atomic E-state index is 12.1. The van der Waals surface area contributed by atoms with Crippen LogP contribution in [0.2, 0.25) is 0 Å². The van der Waals surface area contributed by atoms with Crippen molar-refractivity contribution in [2.45, 2.75) is 6.92 Å². The zero-order valence-electron chi connectivity index (χ0n) is 9.68. The van der Waals surface area contributed by atoms with E-state index in [1.54, 1.807) is 6.07 Å². The average molecular weight is 220 g/mol. The van der Waals surface area contributed by atoms with Crippen molar-refractivity contribution in [3.05, 3.63) is 23.8 Å². The Labute approximate surface area is 95.1 Å². The Morgan fingerprint density at radius 1 is 1.25 bits per heavy atom. The molecule has 2 heterocycles. The maximum Gasteiger partial charge on any atom is 0.272 e. The molecule has 1 aliphatic heterocycles. The van der Waals surface area contributed by atoms with Gasteiger partial charge in [-0.2, -0.15) is 0 Å². The first-order chi connectivity index (χ1) is 7.66. The van der Waals surface area contributed by atoms with Crippen LogP contribution in [0.3, 0.4) is 0 Å². The SMILES string of the molecule is Cc1cc(C(=O)N2CCN(C)CC2)ncn1. The predicted octanol–water partition coefficient (Wildman–Crippen LogP) is 0.173. The van der Waals surface area contributed by atoms with E-state index in [1.807, 2.05) is 11.8 Å². The lowest BCUT2D eigenvalue weighted by atomic mass is 10.2. The van der Waals surface area contributed by atoms with Crippen LogP contribution in [-0.4, -0.2) is 58.9 Å². The van der Waals surface area contributed by atoms with Gasteiger partial charge < -0.3 is 9.80 Å². The van der Waals surface area contributed by atoms with Gasteiger partial charge >= 0.3 is 0 Å². The van der Waals surface area contributed by atoms with Crippen molar-refractivity contribution in [1.29, 1.82) is 0 Å². The van der Waals surface area contributed by atoms with Crippen LogP contribution in [0, 0.1) is 6.92 Å². The quantitative estimate of drug-likeness (QED) is 0.677. The molecular weight excluding hydrogens is 204 g/mol. The van der Waals surface area contributed by atoms with Gasteiger partial charge in [-0.15, -0.1) is 0 Å². The lowest BCUT2D eigenvalue weighted by Crippen LogP contribution is -2.47. The van der Waals surface area contributed by atoms with Crippen LogP contribution in [0.25, 0.3) is 0 Å². The second kappa shape index (κ2) is 4.57. The molecule has 0 spiro atoms. The molecule has 0 unspecified atom stereocenters. The van der Waals surface area contributed by atoms with E-state index in [-0.39, 0.29) is 5.91 Å². The summed E-state index contributed by atoms with van der Waals surface area (Å²) in [5, 5.41) is 0. The van der Waals surface area contributed by atoms with Gasteiger partial charge in [0.05, 0.1) is 0 Å². The first-order valence-corrected chi connectivity index (χ1v) is 5.43. The van der Waals surface area contributed by atoms with E-state index in [0.29, 0.717) is 5.69 Å². The maximum atomic E-state index is 12.1. The molecule has 1 aliphatic rings. The number of hydrogen-bond donors (Lipinski definition) is 0. The molecule has 0 radical (unpaired) electrons. The summed E-state index contributed by atoms with van der Waals surface area (Å²) < 4.78 is 0. The molecule has 16 heavy (non-hydrogen) atoms. The van der Waals surface area contributed by atoms with Crippen molar-refractivity contribution in [2.24, 2.45) is 0 Å². The normalized spacial score (nSPS) is 17.5. The Kier molecular flexibility index (Phi) is 3.14. The third-order valence-electron chi connectivity index (χ3n) is 2.81. The summed E-state index contributed by atoms with van der Waals surface area (Å²) in [7, 11) is 2.07. The summed E-state index contributed by atoms with van der Waals surface area (Å²) in [6, 6.07) is 1.74. The Bertz CT molecular complexity index is 385. The van der Waals surface area contributed by atoms with Crippen molar-refractivity contribution >= 4 is 5.91 Å². The molecule has 1 fully saturated rings. The largest absolute Gasteiger partial charge is 0.335 e. The number of piperazine rings is 1. The Balaban J connectivity index is 2.08. The van der Waals surface area contributed by atoms with Crippen LogP contribution in [0.1, 0.15) is 16.2 Å². The monoisotopic (exact) mass is 220 g/mol. The lowest BCUT2D eigenvalue weighted by molar-refractivity contribution is 0.0658. The number of amides is 1. The standard InChI is InChI=1S/C11H16N4O/c1-9-7-10(13-8-12-9)11(16)15-5-3-14(2)4-6-15/h7-8H,3-6H2,1-2H3. The highest BCUT2D eigenvalue weighted by Gasteiger charge is 2.21. The Morgan fingerprint density at radius 3 is 2.56 bits per heavy atom. The molecule has 0 saturated carbocycles. The minimum atomic E-state index is 0.0126. The van der Waals surface area contributed by atoms with E-state index in [1.165, 1.54) is 6.33 Å². The van der Waals surface area contributed by atoms with Gasteiger partial charge in [-0.1, -0.05) is 0 Å². The number of likely N-dealkylation sites (N-methyl/N-ethyl adjacent to an activating group) is 1. The Hall–Kier alpha value is -1.49. The van der Waals surface area contributed by atoms with Gasteiger partial charge in [-0.25, -0.2) is 9.97 Å². The molecule has 5 heteroatoms. The number of aromatic nitrogens is 2. The molecule has 0 N–H and O–H groups in total. The molecule has 0 aliphatic carbocycles. The highest BCUT2D eigenvalue weighted by atomic mass is 16.2. The van der Waals surface area contributed by atoms with E-state index in [9.17, 15) is 4.79 Å². The molecule has 1 amide bonds. The molecule has 5 nitrogen and oxygen atoms in total. The number of carbonyl (C=O) groups excluding carboxylic acids is 1. The van der Waals surface area contributed by atoms with E-state index in [2.05, 4.69) is 21.9 Å². The highest BCUT2D eigenvalue weighted by Crippen LogP contribution is 2.06. The second-order valence-electron chi connectivity index (χ2n) is 4.14. The van der Waals surface area contributed by atoms with Gasteiger partial charge in [0.1, 0.15) is 12.0 Å². The average Bonchev–Trinajstić information content (AvgIpc) is 2.29. The van der Waals surface area contributed by atoms with Crippen LogP contribution in [-0.2, 0) is 0 Å². The van der Waals surface area contributed by atoms with Crippen LogP contribution in [0.15, 0.2) is 12.4 Å². The zero-order valence-corrected chi connectivity index (χ0v) is 9.68. The minimum absolute atomic E-state index is 0.0126. The summed E-state index contributed by atoms with van der Waals surface area (Å²) in [6.45, 7) is 5.27. The van der Waals surface area contributed by atoms with Gasteiger partial charge in [-0.05, 0) is 20.0 Å². The van der Waals surface area contributed by atoms with Crippen molar-refractivity contribution in [3.8, 4) is 0 Å². The van der Waals surface area contributed by atoms with Crippen LogP contribution in [0.5, 0.6) is 0 Å². The molecule has 0 atom stereocenters. The number of nitrogens with zero attached hydrogens (tertiary/aromatic N) is 4. The van der Waals surface area contributed by atoms with E-state index in [0.717, 1.165) is 31.9 Å². The molecular formula is C11H16N4O.